The van der Waals surface area contributed by atoms with Crippen LogP contribution in [-0.2, 0) is 9.59 Å². The summed E-state index contributed by atoms with van der Waals surface area (Å²) in [5.41, 5.74) is 3.29. The van der Waals surface area contributed by atoms with Crippen molar-refractivity contribution in [3.63, 3.8) is 0 Å². The van der Waals surface area contributed by atoms with Crippen molar-refractivity contribution in [2.75, 3.05) is 19.1 Å². The number of anilines is 1. The quantitative estimate of drug-likeness (QED) is 0.281. The molecule has 0 radical (unpaired) electrons. The van der Waals surface area contributed by atoms with Crippen LogP contribution in [0.15, 0.2) is 72.3 Å². The van der Waals surface area contributed by atoms with Gasteiger partial charge in [-0.05, 0) is 54.3 Å². The highest BCUT2D eigenvalue weighted by molar-refractivity contribution is 6.51. The number of para-hydroxylation sites is 2. The molecule has 1 aliphatic heterocycles. The summed E-state index contributed by atoms with van der Waals surface area (Å²) in [6.45, 7) is 5.90. The van der Waals surface area contributed by atoms with Crippen LogP contribution in [0.3, 0.4) is 0 Å². The van der Waals surface area contributed by atoms with Gasteiger partial charge in [0.2, 0.25) is 0 Å². The van der Waals surface area contributed by atoms with E-state index in [9.17, 15) is 14.7 Å². The second-order valence-electron chi connectivity index (χ2n) is 8.81. The van der Waals surface area contributed by atoms with E-state index in [2.05, 4.69) is 0 Å². The number of nitrogens with zero attached hydrogens (tertiary/aromatic N) is 1. The van der Waals surface area contributed by atoms with E-state index in [0.29, 0.717) is 28.3 Å². The van der Waals surface area contributed by atoms with Crippen LogP contribution >= 0.6 is 0 Å². The zero-order valence-electron chi connectivity index (χ0n) is 20.5. The summed E-state index contributed by atoms with van der Waals surface area (Å²) in [5, 5.41) is 11.6. The maximum absolute atomic E-state index is 13.5. The molecule has 1 unspecified atom stereocenters. The van der Waals surface area contributed by atoms with Crippen molar-refractivity contribution in [2.45, 2.75) is 32.7 Å². The van der Waals surface area contributed by atoms with Crippen LogP contribution in [0.25, 0.3) is 5.76 Å². The largest absolute Gasteiger partial charge is 0.507 e. The van der Waals surface area contributed by atoms with Crippen LogP contribution in [0.2, 0.25) is 0 Å². The minimum atomic E-state index is -0.863. The summed E-state index contributed by atoms with van der Waals surface area (Å²) in [5.74, 6) is -0.332. The number of aliphatic hydroxyl groups is 1. The van der Waals surface area contributed by atoms with E-state index < -0.39 is 17.7 Å². The molecule has 4 rings (SSSR count). The van der Waals surface area contributed by atoms with Crippen molar-refractivity contribution >= 4 is 23.1 Å². The van der Waals surface area contributed by atoms with E-state index in [0.717, 1.165) is 11.1 Å². The van der Waals surface area contributed by atoms with Gasteiger partial charge in [-0.15, -0.1) is 0 Å². The minimum absolute atomic E-state index is 0.0197. The van der Waals surface area contributed by atoms with E-state index in [1.165, 1.54) is 12.0 Å². The number of aliphatic hydroxyl groups excluding tert-OH is 1. The van der Waals surface area contributed by atoms with Gasteiger partial charge in [-0.2, -0.15) is 0 Å². The molecule has 1 heterocycles. The minimum Gasteiger partial charge on any atom is -0.507 e. The normalized spacial score (nSPS) is 17.2. The number of Topliss-reactive ketones (excluding diaryl/α,β-unsaturated/α-hetero) is 1. The Morgan fingerprint density at radius 2 is 1.54 bits per heavy atom. The third kappa shape index (κ3) is 4.16. The summed E-state index contributed by atoms with van der Waals surface area (Å²) < 4.78 is 11.1. The first-order valence-electron chi connectivity index (χ1n) is 11.5. The Hall–Kier alpha value is -4.06. The number of ether oxygens (including phenoxy) is 2. The molecule has 0 bridgehead atoms. The van der Waals surface area contributed by atoms with Gasteiger partial charge in [0.1, 0.15) is 17.3 Å². The monoisotopic (exact) mass is 471 g/mol. The maximum atomic E-state index is 13.5. The number of methoxy groups -OCH3 is 2. The second kappa shape index (κ2) is 9.66. The number of benzene rings is 3. The van der Waals surface area contributed by atoms with Crippen LogP contribution in [0, 0.1) is 6.92 Å². The summed E-state index contributed by atoms with van der Waals surface area (Å²) in [7, 11) is 3.14. The highest BCUT2D eigenvalue weighted by atomic mass is 16.5. The molecule has 180 valence electrons. The van der Waals surface area contributed by atoms with Crippen molar-refractivity contribution in [1.29, 1.82) is 0 Å². The Morgan fingerprint density at radius 3 is 2.17 bits per heavy atom. The highest BCUT2D eigenvalue weighted by Gasteiger charge is 2.48. The van der Waals surface area contributed by atoms with Crippen LogP contribution in [0.5, 0.6) is 11.5 Å². The van der Waals surface area contributed by atoms with Crippen molar-refractivity contribution < 1.29 is 24.2 Å². The van der Waals surface area contributed by atoms with E-state index in [1.807, 2.05) is 51.1 Å². The molecule has 0 aliphatic carbocycles. The van der Waals surface area contributed by atoms with Crippen molar-refractivity contribution in [2.24, 2.45) is 0 Å². The summed E-state index contributed by atoms with van der Waals surface area (Å²) in [6, 6.07) is 19.0. The van der Waals surface area contributed by atoms with Crippen molar-refractivity contribution in [3.05, 3.63) is 94.6 Å². The molecule has 0 aromatic heterocycles. The van der Waals surface area contributed by atoms with Gasteiger partial charge >= 0.3 is 0 Å². The predicted octanol–water partition coefficient (Wildman–Crippen LogP) is 5.76. The average Bonchev–Trinajstić information content (AvgIpc) is 3.13. The van der Waals surface area contributed by atoms with Crippen LogP contribution < -0.4 is 14.4 Å². The molecular formula is C29H29NO5. The number of amides is 1. The maximum Gasteiger partial charge on any atom is 0.300 e. The number of hydrogen-bond acceptors (Lipinski definition) is 5. The molecule has 3 aromatic carbocycles. The number of carbonyl (C=O) groups is 2. The first kappa shape index (κ1) is 24.1. The molecule has 3 aromatic rings. The molecule has 1 aliphatic rings. The highest BCUT2D eigenvalue weighted by Crippen LogP contribution is 2.45. The fourth-order valence-corrected chi connectivity index (χ4v) is 4.60. The predicted molar refractivity (Wildman–Crippen MR) is 136 cm³/mol. The average molecular weight is 472 g/mol. The smallest absolute Gasteiger partial charge is 0.300 e. The van der Waals surface area contributed by atoms with Crippen LogP contribution in [-0.4, -0.2) is 31.0 Å². The SMILES string of the molecule is COc1cc(C)c(/C(O)=C2\C(=O)C(=O)N(c3ccccc3)C2c2ccccc2OC)cc1C(C)C. The summed E-state index contributed by atoms with van der Waals surface area (Å²) in [6.07, 6.45) is 0. The molecule has 1 fully saturated rings. The van der Waals surface area contributed by atoms with E-state index in [1.54, 1.807) is 43.5 Å². The van der Waals surface area contributed by atoms with Crippen molar-refractivity contribution in [3.8, 4) is 11.5 Å². The molecular weight excluding hydrogens is 442 g/mol. The van der Waals surface area contributed by atoms with Crippen LogP contribution in [0.1, 0.15) is 48.1 Å². The van der Waals surface area contributed by atoms with Gasteiger partial charge in [-0.1, -0.05) is 50.2 Å². The van der Waals surface area contributed by atoms with Gasteiger partial charge in [0.05, 0.1) is 25.8 Å². The standard InChI is InChI=1S/C29H29NO5/c1-17(2)21-16-22(18(3)15-24(21)35-5)27(31)25-26(20-13-9-10-14-23(20)34-4)30(29(33)28(25)32)19-11-7-6-8-12-19/h6-17,26,31H,1-5H3/b27-25+. The lowest BCUT2D eigenvalue weighted by Gasteiger charge is -2.27. The third-order valence-electron chi connectivity index (χ3n) is 6.37. The number of rotatable bonds is 6. The molecule has 1 saturated heterocycles. The fraction of sp³-hybridized carbons (Fsp3) is 0.241. The van der Waals surface area contributed by atoms with Gasteiger partial charge in [-0.3, -0.25) is 14.5 Å². The zero-order chi connectivity index (χ0) is 25.3. The summed E-state index contributed by atoms with van der Waals surface area (Å²) in [4.78, 5) is 28.3. The molecule has 35 heavy (non-hydrogen) atoms. The molecule has 1 atom stereocenters. The lowest BCUT2D eigenvalue weighted by molar-refractivity contribution is -0.132. The van der Waals surface area contributed by atoms with E-state index >= 15 is 0 Å². The molecule has 0 spiro atoms. The Balaban J connectivity index is 2.02. The Kier molecular flexibility index (Phi) is 6.65. The molecule has 6 heteroatoms. The van der Waals surface area contributed by atoms with Gasteiger partial charge in [0, 0.05) is 16.8 Å². The topological polar surface area (TPSA) is 76.1 Å². The summed E-state index contributed by atoms with van der Waals surface area (Å²) >= 11 is 0. The van der Waals surface area contributed by atoms with Gasteiger partial charge < -0.3 is 14.6 Å². The van der Waals surface area contributed by atoms with Crippen LogP contribution in [0.4, 0.5) is 5.69 Å². The lowest BCUT2D eigenvalue weighted by atomic mass is 9.90. The molecule has 0 saturated carbocycles. The van der Waals surface area contributed by atoms with Gasteiger partial charge in [0.15, 0.2) is 0 Å². The first-order valence-corrected chi connectivity index (χ1v) is 11.5. The Bertz CT molecular complexity index is 1310. The Labute approximate surface area is 205 Å². The number of aryl methyl sites for hydroxylation is 1. The number of carbonyl (C=O) groups excluding carboxylic acids is 2. The molecule has 1 N–H and O–H groups in total. The molecule has 1 amide bonds. The van der Waals surface area contributed by atoms with Gasteiger partial charge in [-0.25, -0.2) is 0 Å². The van der Waals surface area contributed by atoms with E-state index in [-0.39, 0.29) is 17.3 Å². The number of ketones is 1. The Morgan fingerprint density at radius 1 is 0.914 bits per heavy atom. The first-order chi connectivity index (χ1) is 16.8. The zero-order valence-corrected chi connectivity index (χ0v) is 20.5. The van der Waals surface area contributed by atoms with E-state index in [4.69, 9.17) is 9.47 Å². The van der Waals surface area contributed by atoms with Crippen molar-refractivity contribution in [1.82, 2.24) is 0 Å². The third-order valence-corrected chi connectivity index (χ3v) is 6.37. The van der Waals surface area contributed by atoms with Gasteiger partial charge in [0.25, 0.3) is 11.7 Å². The second-order valence-corrected chi connectivity index (χ2v) is 8.81. The fourth-order valence-electron chi connectivity index (χ4n) is 4.60. The molecule has 6 nitrogen and oxygen atoms in total. The number of hydrogen-bond donors (Lipinski definition) is 1. The lowest BCUT2D eigenvalue weighted by Crippen LogP contribution is -2.29.